The smallest absolute Gasteiger partial charge is 0.876 e. The maximum atomic E-state index is 9.33. The molecule has 1 aliphatic rings. The number of rotatable bonds is 4. The summed E-state index contributed by atoms with van der Waals surface area (Å²) in [5.74, 6) is 2.20. The van der Waals surface area contributed by atoms with E-state index >= 15 is 0 Å². The van der Waals surface area contributed by atoms with Gasteiger partial charge in [0.25, 0.3) is 0 Å². The largest absolute Gasteiger partial charge is 4.00 e. The standard InChI is InChI=1S/C20H15.C16H15O3.2C3H6O.Ti/c1-14-9-10-16-11-12-17(13-20(14)16)19-8-4-6-15-5-2-3-7-18(15)19;1-17-12-5-6-13-11(9-12)8-10-4-7-14(18-2)16(19-3)15(10)13;2*1-3(2)4;/h2-13H,1H3;5-7,9H,8H2,1-3H3;2*4H,1H2,2H3;/q2*-1;;;+4/p-2. The molecule has 0 bridgehead atoms. The number of hydrogen-bond donors (Lipinski definition) is 0. The molecule has 0 fully saturated rings. The zero-order valence-electron chi connectivity index (χ0n) is 28.4. The molecule has 1 aliphatic carbocycles. The molecule has 7 rings (SSSR count). The van der Waals surface area contributed by atoms with Gasteiger partial charge in [-0.25, -0.2) is 0 Å². The van der Waals surface area contributed by atoms with E-state index in [-0.39, 0.29) is 33.2 Å². The van der Waals surface area contributed by atoms with Gasteiger partial charge >= 0.3 is 21.7 Å². The Labute approximate surface area is 299 Å². The van der Waals surface area contributed by atoms with Gasteiger partial charge in [-0.15, -0.1) is 59.2 Å². The molecule has 0 saturated carbocycles. The van der Waals surface area contributed by atoms with E-state index in [9.17, 15) is 10.2 Å². The summed E-state index contributed by atoms with van der Waals surface area (Å²) in [6.45, 7) is 11.0. The third-order valence-corrected chi connectivity index (χ3v) is 7.59. The number of allylic oxidation sites excluding steroid dienone is 2. The van der Waals surface area contributed by atoms with Crippen molar-refractivity contribution in [3.8, 4) is 39.5 Å². The van der Waals surface area contributed by atoms with Crippen LogP contribution in [0.4, 0.5) is 0 Å². The van der Waals surface area contributed by atoms with Crippen molar-refractivity contribution in [2.24, 2.45) is 0 Å². The summed E-state index contributed by atoms with van der Waals surface area (Å²) in [5.41, 5.74) is 8.58. The fourth-order valence-electron chi connectivity index (χ4n) is 5.60. The summed E-state index contributed by atoms with van der Waals surface area (Å²) in [6, 6.07) is 37.5. The number of benzene rings is 5. The molecule has 0 aliphatic heterocycles. The van der Waals surface area contributed by atoms with E-state index in [4.69, 9.17) is 14.2 Å². The van der Waals surface area contributed by atoms with Gasteiger partial charge < -0.3 is 24.4 Å². The predicted octanol–water partition coefficient (Wildman–Crippen LogP) is 8.53. The Hall–Kier alpha value is -4.84. The second-order valence-corrected chi connectivity index (χ2v) is 11.2. The van der Waals surface area contributed by atoms with Crippen LogP contribution in [-0.2, 0) is 28.1 Å². The monoisotopic (exact) mass is 672 g/mol. The van der Waals surface area contributed by atoms with Gasteiger partial charge in [0.15, 0.2) is 0 Å². The Morgan fingerprint density at radius 2 is 1.48 bits per heavy atom. The zero-order chi connectivity index (χ0) is 34.1. The number of hydrogen-bond acceptors (Lipinski definition) is 5. The molecule has 0 unspecified atom stereocenters. The van der Waals surface area contributed by atoms with Crippen molar-refractivity contribution >= 4 is 21.5 Å². The van der Waals surface area contributed by atoms with E-state index in [1.807, 2.05) is 12.1 Å². The number of methoxy groups -OCH3 is 3. The Bertz CT molecular complexity index is 2000. The second-order valence-electron chi connectivity index (χ2n) is 11.2. The van der Waals surface area contributed by atoms with E-state index in [0.29, 0.717) is 5.75 Å². The van der Waals surface area contributed by atoms with E-state index in [1.165, 1.54) is 63.2 Å². The molecule has 0 aromatic heterocycles. The fraction of sp³-hybridized carbons (Fsp3) is 0.167. The number of ether oxygens (including phenoxy) is 3. The van der Waals surface area contributed by atoms with Crippen molar-refractivity contribution < 1.29 is 46.1 Å². The summed E-state index contributed by atoms with van der Waals surface area (Å²) in [4.78, 5) is 0. The van der Waals surface area contributed by atoms with Gasteiger partial charge in [-0.05, 0) is 46.0 Å². The van der Waals surface area contributed by atoms with Gasteiger partial charge in [0.1, 0.15) is 5.75 Å². The van der Waals surface area contributed by atoms with E-state index in [0.717, 1.165) is 29.0 Å². The SMILES string of the molecule is C=C(C)[O-].C=C(C)[O-].COc1ccc2c(c1)Cc1[c-]cc(OC)c(OC)c1-2.Cc1c[cH-]c2ccc(-c3cccc4ccccc34)cc12.[Ti+4]. The molecule has 242 valence electrons. The van der Waals surface area contributed by atoms with Gasteiger partial charge in [0.05, 0.1) is 27.1 Å². The van der Waals surface area contributed by atoms with Gasteiger partial charge in [0.2, 0.25) is 0 Å². The molecular weight excluding hydrogens is 632 g/mol. The van der Waals surface area contributed by atoms with Crippen molar-refractivity contribution in [2.45, 2.75) is 27.2 Å². The van der Waals surface area contributed by atoms with Crippen LogP contribution in [0.3, 0.4) is 0 Å². The Kier molecular flexibility index (Phi) is 13.6. The third kappa shape index (κ3) is 8.94. The fourth-order valence-corrected chi connectivity index (χ4v) is 5.60. The zero-order valence-corrected chi connectivity index (χ0v) is 30.0. The maximum absolute atomic E-state index is 9.33. The van der Waals surface area contributed by atoms with Crippen LogP contribution in [0.15, 0.2) is 122 Å². The normalized spacial score (nSPS) is 10.4. The Morgan fingerprint density at radius 3 is 2.15 bits per heavy atom. The molecule has 0 saturated heterocycles. The van der Waals surface area contributed by atoms with Crippen LogP contribution in [0.2, 0.25) is 0 Å². The van der Waals surface area contributed by atoms with Gasteiger partial charge in [0, 0.05) is 5.75 Å². The van der Waals surface area contributed by atoms with Gasteiger partial charge in [-0.3, -0.25) is 0 Å². The van der Waals surface area contributed by atoms with Crippen molar-refractivity contribution in [1.29, 1.82) is 0 Å². The van der Waals surface area contributed by atoms with Crippen LogP contribution in [0, 0.1) is 13.0 Å². The summed E-state index contributed by atoms with van der Waals surface area (Å²) < 4.78 is 16.1. The topological polar surface area (TPSA) is 73.8 Å². The summed E-state index contributed by atoms with van der Waals surface area (Å²) in [5, 5.41) is 24.0. The quantitative estimate of drug-likeness (QED) is 0.107. The third-order valence-electron chi connectivity index (χ3n) is 7.59. The molecule has 6 aromatic rings. The molecule has 0 spiro atoms. The minimum absolute atomic E-state index is 0. The van der Waals surface area contributed by atoms with Crippen LogP contribution in [0.25, 0.3) is 43.8 Å². The van der Waals surface area contributed by atoms with E-state index in [1.54, 1.807) is 21.3 Å². The van der Waals surface area contributed by atoms with Gasteiger partial charge in [-0.2, -0.15) is 17.7 Å². The first-order valence-corrected chi connectivity index (χ1v) is 15.2. The molecule has 0 atom stereocenters. The van der Waals surface area contributed by atoms with Crippen molar-refractivity contribution in [3.05, 3.63) is 144 Å². The molecule has 0 amide bonds. The summed E-state index contributed by atoms with van der Waals surface area (Å²) in [6.07, 6.45) is 0.849. The molecule has 0 heterocycles. The summed E-state index contributed by atoms with van der Waals surface area (Å²) >= 11 is 0. The minimum atomic E-state index is -0.0833. The predicted molar refractivity (Wildman–Crippen MR) is 190 cm³/mol. The Morgan fingerprint density at radius 1 is 0.792 bits per heavy atom. The minimum Gasteiger partial charge on any atom is -0.876 e. The molecule has 0 radical (unpaired) electrons. The molecule has 6 aromatic carbocycles. The van der Waals surface area contributed by atoms with E-state index in [2.05, 4.69) is 111 Å². The average Bonchev–Trinajstić information content (AvgIpc) is 3.62. The van der Waals surface area contributed by atoms with Crippen molar-refractivity contribution in [3.63, 3.8) is 0 Å². The van der Waals surface area contributed by atoms with Crippen molar-refractivity contribution in [1.82, 2.24) is 0 Å². The first-order valence-electron chi connectivity index (χ1n) is 15.2. The van der Waals surface area contributed by atoms with Crippen molar-refractivity contribution in [2.75, 3.05) is 21.3 Å². The van der Waals surface area contributed by atoms with Crippen LogP contribution >= 0.6 is 0 Å². The number of fused-ring (bicyclic) bond motifs is 5. The van der Waals surface area contributed by atoms with Crippen LogP contribution in [0.1, 0.15) is 30.5 Å². The second kappa shape index (κ2) is 17.4. The molecular formula is C42H40O5Ti. The molecule has 5 nitrogen and oxygen atoms in total. The molecule has 48 heavy (non-hydrogen) atoms. The average molecular weight is 673 g/mol. The molecule has 6 heteroatoms. The van der Waals surface area contributed by atoms with Gasteiger partial charge in [-0.1, -0.05) is 92.6 Å². The first kappa shape index (κ1) is 37.6. The van der Waals surface area contributed by atoms with Crippen LogP contribution in [-0.4, -0.2) is 21.3 Å². The van der Waals surface area contributed by atoms with Crippen LogP contribution in [0.5, 0.6) is 17.2 Å². The summed E-state index contributed by atoms with van der Waals surface area (Å²) in [7, 11) is 4.99. The van der Waals surface area contributed by atoms with Crippen LogP contribution < -0.4 is 24.4 Å². The molecule has 0 N–H and O–H groups in total. The van der Waals surface area contributed by atoms with E-state index < -0.39 is 0 Å². The maximum Gasteiger partial charge on any atom is 4.00 e. The number of aryl methyl sites for hydroxylation is 1. The first-order chi connectivity index (χ1) is 22.6. The Balaban J connectivity index is 0.000000210.